The molecule has 20 heavy (non-hydrogen) atoms. The van der Waals surface area contributed by atoms with Gasteiger partial charge in [0.1, 0.15) is 0 Å². The first kappa shape index (κ1) is 16.9. The monoisotopic (exact) mass is 390 g/mol. The lowest BCUT2D eigenvalue weighted by Gasteiger charge is -2.27. The molecule has 1 unspecified atom stereocenters. The Hall–Kier alpha value is -1.18. The molecule has 1 aromatic rings. The molecule has 5 nitrogen and oxygen atoms in total. The lowest BCUT2D eigenvalue weighted by Crippen LogP contribution is -2.34. The number of nitro benzene ring substituents is 1. The van der Waals surface area contributed by atoms with Crippen molar-refractivity contribution in [3.8, 4) is 0 Å². The van der Waals surface area contributed by atoms with Crippen molar-refractivity contribution < 1.29 is 9.72 Å². The van der Waals surface area contributed by atoms with Crippen molar-refractivity contribution in [1.29, 1.82) is 0 Å². The molecule has 0 aromatic heterocycles. The van der Waals surface area contributed by atoms with Crippen LogP contribution >= 0.6 is 22.6 Å². The van der Waals surface area contributed by atoms with Crippen LogP contribution in [-0.4, -0.2) is 17.4 Å². The zero-order chi connectivity index (χ0) is 15.5. The Bertz CT molecular complexity index is 524. The number of rotatable bonds is 4. The summed E-state index contributed by atoms with van der Waals surface area (Å²) in [4.78, 5) is 22.4. The zero-order valence-electron chi connectivity index (χ0n) is 12.1. The van der Waals surface area contributed by atoms with Crippen molar-refractivity contribution in [2.75, 3.05) is 6.54 Å². The lowest BCUT2D eigenvalue weighted by atomic mass is 9.82. The Morgan fingerprint density at radius 1 is 1.45 bits per heavy atom. The molecule has 0 aliphatic rings. The standard InChI is InChI=1S/C14H19IN2O3/c1-9(14(2,3)4)8-16-13(18)11-7-10(17(19)20)5-6-12(11)15/h5-7,9H,8H2,1-4H3,(H,16,18). The molecule has 0 fully saturated rings. The number of nitrogens with zero attached hydrogens (tertiary/aromatic N) is 1. The number of nitro groups is 1. The number of nitrogens with one attached hydrogen (secondary N) is 1. The van der Waals surface area contributed by atoms with E-state index in [0.29, 0.717) is 21.6 Å². The van der Waals surface area contributed by atoms with Crippen LogP contribution in [0.3, 0.4) is 0 Å². The summed E-state index contributed by atoms with van der Waals surface area (Å²) in [6, 6.07) is 4.30. The molecule has 1 rings (SSSR count). The van der Waals surface area contributed by atoms with Gasteiger partial charge >= 0.3 is 0 Å². The van der Waals surface area contributed by atoms with Gasteiger partial charge in [0.15, 0.2) is 0 Å². The van der Waals surface area contributed by atoms with Gasteiger partial charge in [0.2, 0.25) is 0 Å². The van der Waals surface area contributed by atoms with E-state index in [2.05, 4.69) is 33.0 Å². The minimum absolute atomic E-state index is 0.0700. The van der Waals surface area contributed by atoms with Gasteiger partial charge in [-0.1, -0.05) is 27.7 Å². The van der Waals surface area contributed by atoms with Crippen molar-refractivity contribution in [1.82, 2.24) is 5.32 Å². The molecule has 0 heterocycles. The van der Waals surface area contributed by atoms with Crippen LogP contribution in [0.1, 0.15) is 38.1 Å². The Morgan fingerprint density at radius 2 is 2.05 bits per heavy atom. The molecule has 110 valence electrons. The quantitative estimate of drug-likeness (QED) is 0.485. The average Bonchev–Trinajstić information content (AvgIpc) is 2.34. The summed E-state index contributed by atoms with van der Waals surface area (Å²) in [5.41, 5.74) is 0.378. The second kappa shape index (κ2) is 6.51. The van der Waals surface area contributed by atoms with E-state index in [-0.39, 0.29) is 17.0 Å². The van der Waals surface area contributed by atoms with Gasteiger partial charge in [0.05, 0.1) is 10.5 Å². The van der Waals surface area contributed by atoms with Crippen molar-refractivity contribution in [2.45, 2.75) is 27.7 Å². The summed E-state index contributed by atoms with van der Waals surface area (Å²) in [6.07, 6.45) is 0. The maximum absolute atomic E-state index is 12.1. The van der Waals surface area contributed by atoms with E-state index in [1.165, 1.54) is 12.1 Å². The van der Waals surface area contributed by atoms with E-state index < -0.39 is 4.92 Å². The molecular weight excluding hydrogens is 371 g/mol. The van der Waals surface area contributed by atoms with Gasteiger partial charge in [-0.05, 0) is 40.0 Å². The summed E-state index contributed by atoms with van der Waals surface area (Å²) in [6.45, 7) is 8.95. The number of non-ortho nitro benzene ring substituents is 1. The van der Waals surface area contributed by atoms with Crippen molar-refractivity contribution in [3.05, 3.63) is 37.4 Å². The number of halogens is 1. The second-order valence-corrected chi connectivity index (χ2v) is 7.06. The van der Waals surface area contributed by atoms with Crippen LogP contribution in [0.2, 0.25) is 0 Å². The summed E-state index contributed by atoms with van der Waals surface area (Å²) in [5.74, 6) is 0.0389. The minimum atomic E-state index is -0.495. The lowest BCUT2D eigenvalue weighted by molar-refractivity contribution is -0.384. The van der Waals surface area contributed by atoms with Crippen LogP contribution in [0.5, 0.6) is 0 Å². The third-order valence-electron chi connectivity index (χ3n) is 3.45. The Morgan fingerprint density at radius 3 is 2.55 bits per heavy atom. The third-order valence-corrected chi connectivity index (χ3v) is 4.39. The maximum atomic E-state index is 12.1. The first-order chi connectivity index (χ1) is 9.12. The van der Waals surface area contributed by atoms with Crippen LogP contribution in [0, 0.1) is 25.0 Å². The van der Waals surface area contributed by atoms with Crippen molar-refractivity contribution in [3.63, 3.8) is 0 Å². The molecule has 0 aliphatic carbocycles. The molecule has 6 heteroatoms. The Labute approximate surface area is 132 Å². The van der Waals surface area contributed by atoms with Gasteiger partial charge < -0.3 is 5.32 Å². The van der Waals surface area contributed by atoms with Crippen LogP contribution in [-0.2, 0) is 0 Å². The zero-order valence-corrected chi connectivity index (χ0v) is 14.2. The van der Waals surface area contributed by atoms with Crippen LogP contribution < -0.4 is 5.32 Å². The van der Waals surface area contributed by atoms with Gasteiger partial charge in [-0.2, -0.15) is 0 Å². The molecule has 0 saturated heterocycles. The highest BCUT2D eigenvalue weighted by Crippen LogP contribution is 2.25. The predicted molar refractivity (Wildman–Crippen MR) is 86.8 cm³/mol. The highest BCUT2D eigenvalue weighted by molar-refractivity contribution is 14.1. The first-order valence-electron chi connectivity index (χ1n) is 6.35. The molecule has 0 radical (unpaired) electrons. The highest BCUT2D eigenvalue weighted by atomic mass is 127. The topological polar surface area (TPSA) is 72.2 Å². The minimum Gasteiger partial charge on any atom is -0.352 e. The van der Waals surface area contributed by atoms with E-state index >= 15 is 0 Å². The fourth-order valence-corrected chi connectivity index (χ4v) is 2.03. The Balaban J connectivity index is 2.83. The fourth-order valence-electron chi connectivity index (χ4n) is 1.45. The molecule has 0 aliphatic heterocycles. The van der Waals surface area contributed by atoms with Gasteiger partial charge in [-0.15, -0.1) is 0 Å². The summed E-state index contributed by atoms with van der Waals surface area (Å²) in [5, 5.41) is 13.6. The fraction of sp³-hybridized carbons (Fsp3) is 0.500. The van der Waals surface area contributed by atoms with E-state index in [1.54, 1.807) is 6.07 Å². The van der Waals surface area contributed by atoms with Gasteiger partial charge in [0, 0.05) is 22.2 Å². The van der Waals surface area contributed by atoms with E-state index in [1.807, 2.05) is 22.6 Å². The normalized spacial score (nSPS) is 12.8. The van der Waals surface area contributed by atoms with Gasteiger partial charge in [-0.3, -0.25) is 14.9 Å². The van der Waals surface area contributed by atoms with Crippen LogP contribution in [0.15, 0.2) is 18.2 Å². The number of hydrogen-bond donors (Lipinski definition) is 1. The molecule has 1 amide bonds. The first-order valence-corrected chi connectivity index (χ1v) is 7.43. The number of carbonyl (C=O) groups excluding carboxylic acids is 1. The highest BCUT2D eigenvalue weighted by Gasteiger charge is 2.21. The van der Waals surface area contributed by atoms with Gasteiger partial charge in [0.25, 0.3) is 11.6 Å². The Kier molecular flexibility index (Phi) is 5.50. The van der Waals surface area contributed by atoms with Crippen molar-refractivity contribution in [2.24, 2.45) is 11.3 Å². The van der Waals surface area contributed by atoms with Crippen LogP contribution in [0.25, 0.3) is 0 Å². The predicted octanol–water partition coefficient (Wildman–Crippen LogP) is 3.61. The van der Waals surface area contributed by atoms with E-state index in [0.717, 1.165) is 0 Å². The third kappa shape index (κ3) is 4.43. The van der Waals surface area contributed by atoms with E-state index in [9.17, 15) is 14.9 Å². The largest absolute Gasteiger partial charge is 0.352 e. The molecule has 1 N–H and O–H groups in total. The maximum Gasteiger partial charge on any atom is 0.270 e. The SMILES string of the molecule is CC(CNC(=O)c1cc([N+](=O)[O-])ccc1I)C(C)(C)C. The second-order valence-electron chi connectivity index (χ2n) is 5.90. The number of carbonyl (C=O) groups is 1. The molecule has 0 saturated carbocycles. The number of hydrogen-bond acceptors (Lipinski definition) is 3. The number of amides is 1. The van der Waals surface area contributed by atoms with Gasteiger partial charge in [-0.25, -0.2) is 0 Å². The molecule has 1 atom stereocenters. The van der Waals surface area contributed by atoms with Crippen molar-refractivity contribution >= 4 is 34.2 Å². The average molecular weight is 390 g/mol. The summed E-state index contributed by atoms with van der Waals surface area (Å²) < 4.78 is 0.703. The number of benzene rings is 1. The molecule has 0 bridgehead atoms. The van der Waals surface area contributed by atoms with E-state index in [4.69, 9.17) is 0 Å². The summed E-state index contributed by atoms with van der Waals surface area (Å²) in [7, 11) is 0. The smallest absolute Gasteiger partial charge is 0.270 e. The molecule has 0 spiro atoms. The molecule has 1 aromatic carbocycles. The molecular formula is C14H19IN2O3. The summed E-state index contributed by atoms with van der Waals surface area (Å²) >= 11 is 2.01. The van der Waals surface area contributed by atoms with Crippen LogP contribution in [0.4, 0.5) is 5.69 Å².